The second-order valence-corrected chi connectivity index (χ2v) is 5.63. The number of nitrogens with zero attached hydrogens (tertiary/aromatic N) is 2. The van der Waals surface area contributed by atoms with Gasteiger partial charge < -0.3 is 10.2 Å². The van der Waals surface area contributed by atoms with Gasteiger partial charge in [0.25, 0.3) is 5.91 Å². The topological polar surface area (TPSA) is 45.2 Å². The van der Waals surface area contributed by atoms with Crippen molar-refractivity contribution < 1.29 is 18.0 Å². The summed E-state index contributed by atoms with van der Waals surface area (Å²) in [4.78, 5) is 18.3. The van der Waals surface area contributed by atoms with Crippen molar-refractivity contribution >= 4 is 28.9 Å². The lowest BCUT2D eigenvalue weighted by molar-refractivity contribution is -0.137. The van der Waals surface area contributed by atoms with Crippen molar-refractivity contribution in [3.05, 3.63) is 52.8 Å². The first-order valence-corrected chi connectivity index (χ1v) is 8.03. The first-order valence-electron chi connectivity index (χ1n) is 7.65. The molecule has 1 heterocycles. The predicted molar refractivity (Wildman–Crippen MR) is 92.2 cm³/mol. The second-order valence-electron chi connectivity index (χ2n) is 5.22. The number of anilines is 2. The van der Waals surface area contributed by atoms with Gasteiger partial charge in [-0.05, 0) is 44.2 Å². The van der Waals surface area contributed by atoms with Gasteiger partial charge in [0, 0.05) is 18.8 Å². The fourth-order valence-electron chi connectivity index (χ4n) is 2.31. The molecule has 1 aromatic carbocycles. The number of hydrogen-bond donors (Lipinski definition) is 1. The van der Waals surface area contributed by atoms with Gasteiger partial charge in [-0.2, -0.15) is 13.2 Å². The van der Waals surface area contributed by atoms with E-state index in [9.17, 15) is 18.0 Å². The van der Waals surface area contributed by atoms with E-state index in [0.29, 0.717) is 0 Å². The van der Waals surface area contributed by atoms with Crippen LogP contribution in [0.1, 0.15) is 29.9 Å². The SMILES string of the molecule is CCN(CC)c1ccc(C(=O)Nc2ccc(Cl)c(C(F)(F)F)c2)nc1. The van der Waals surface area contributed by atoms with E-state index in [1.807, 2.05) is 13.8 Å². The molecule has 2 rings (SSSR count). The minimum absolute atomic E-state index is 0.00338. The van der Waals surface area contributed by atoms with Gasteiger partial charge >= 0.3 is 6.18 Å². The second kappa shape index (κ2) is 7.74. The van der Waals surface area contributed by atoms with E-state index in [4.69, 9.17) is 11.6 Å². The third-order valence-electron chi connectivity index (χ3n) is 3.64. The molecule has 0 fully saturated rings. The lowest BCUT2D eigenvalue weighted by Gasteiger charge is -2.20. The third-order valence-corrected chi connectivity index (χ3v) is 3.97. The number of carbonyl (C=O) groups excluding carboxylic acids is 1. The van der Waals surface area contributed by atoms with E-state index in [1.54, 1.807) is 12.3 Å². The molecule has 0 saturated carbocycles. The molecule has 0 aliphatic carbocycles. The minimum atomic E-state index is -4.60. The number of carbonyl (C=O) groups is 1. The standard InChI is InChI=1S/C17H17ClF3N3O/c1-3-24(4-2)12-6-8-15(22-10-12)16(25)23-11-5-7-14(18)13(9-11)17(19,20)21/h5-10H,3-4H2,1-2H3,(H,23,25). The number of benzene rings is 1. The maximum Gasteiger partial charge on any atom is 0.417 e. The molecule has 25 heavy (non-hydrogen) atoms. The average Bonchev–Trinajstić information content (AvgIpc) is 2.57. The van der Waals surface area contributed by atoms with E-state index >= 15 is 0 Å². The van der Waals surface area contributed by atoms with Crippen molar-refractivity contribution in [2.24, 2.45) is 0 Å². The number of alkyl halides is 3. The van der Waals surface area contributed by atoms with Crippen LogP contribution in [0.4, 0.5) is 24.5 Å². The normalized spacial score (nSPS) is 11.3. The van der Waals surface area contributed by atoms with Crippen molar-refractivity contribution in [3.63, 3.8) is 0 Å². The first-order chi connectivity index (χ1) is 11.8. The van der Waals surface area contributed by atoms with Crippen molar-refractivity contribution in [3.8, 4) is 0 Å². The number of hydrogen-bond acceptors (Lipinski definition) is 3. The molecule has 0 spiro atoms. The molecule has 0 saturated heterocycles. The van der Waals surface area contributed by atoms with Crippen LogP contribution >= 0.6 is 11.6 Å². The number of nitrogens with one attached hydrogen (secondary N) is 1. The van der Waals surface area contributed by atoms with Crippen LogP contribution in [0.5, 0.6) is 0 Å². The summed E-state index contributed by atoms with van der Waals surface area (Å²) in [7, 11) is 0. The van der Waals surface area contributed by atoms with Gasteiger partial charge in [0.15, 0.2) is 0 Å². The molecule has 8 heteroatoms. The van der Waals surface area contributed by atoms with Crippen LogP contribution in [0.3, 0.4) is 0 Å². The van der Waals surface area contributed by atoms with Gasteiger partial charge in [-0.3, -0.25) is 4.79 Å². The maximum atomic E-state index is 12.9. The molecule has 0 bridgehead atoms. The molecule has 1 N–H and O–H groups in total. The Morgan fingerprint density at radius 1 is 1.20 bits per heavy atom. The summed E-state index contributed by atoms with van der Waals surface area (Å²) in [6.07, 6.45) is -3.04. The van der Waals surface area contributed by atoms with Crippen molar-refractivity contribution in [1.82, 2.24) is 4.98 Å². The van der Waals surface area contributed by atoms with E-state index in [2.05, 4.69) is 15.2 Å². The number of rotatable bonds is 5. The third kappa shape index (κ3) is 4.63. The zero-order valence-electron chi connectivity index (χ0n) is 13.7. The fourth-order valence-corrected chi connectivity index (χ4v) is 2.54. The van der Waals surface area contributed by atoms with Gasteiger partial charge in [-0.15, -0.1) is 0 Å². The van der Waals surface area contributed by atoms with E-state index in [-0.39, 0.29) is 11.4 Å². The minimum Gasteiger partial charge on any atom is -0.371 e. The molecule has 0 aliphatic heterocycles. The summed E-state index contributed by atoms with van der Waals surface area (Å²) < 4.78 is 38.6. The fraction of sp³-hybridized carbons (Fsp3) is 0.294. The zero-order chi connectivity index (χ0) is 18.6. The lowest BCUT2D eigenvalue weighted by Crippen LogP contribution is -2.22. The monoisotopic (exact) mass is 371 g/mol. The summed E-state index contributed by atoms with van der Waals surface area (Å²) in [5, 5.41) is 1.98. The lowest BCUT2D eigenvalue weighted by atomic mass is 10.2. The molecular weight excluding hydrogens is 355 g/mol. The van der Waals surface area contributed by atoms with Crippen LogP contribution in [0.15, 0.2) is 36.5 Å². The number of pyridine rings is 1. The largest absolute Gasteiger partial charge is 0.417 e. The van der Waals surface area contributed by atoms with Gasteiger partial charge in [-0.25, -0.2) is 4.98 Å². The maximum absolute atomic E-state index is 12.9. The van der Waals surface area contributed by atoms with E-state index in [0.717, 1.165) is 30.9 Å². The Hall–Kier alpha value is -2.28. The highest BCUT2D eigenvalue weighted by Crippen LogP contribution is 2.36. The van der Waals surface area contributed by atoms with Crippen LogP contribution in [0.2, 0.25) is 5.02 Å². The smallest absolute Gasteiger partial charge is 0.371 e. The quantitative estimate of drug-likeness (QED) is 0.817. The first kappa shape index (κ1) is 19.1. The Morgan fingerprint density at radius 2 is 1.88 bits per heavy atom. The molecular formula is C17H17ClF3N3O. The molecule has 0 unspecified atom stereocenters. The highest BCUT2D eigenvalue weighted by Gasteiger charge is 2.33. The Balaban J connectivity index is 2.17. The van der Waals surface area contributed by atoms with Gasteiger partial charge in [0.05, 0.1) is 22.5 Å². The Kier molecular flexibility index (Phi) is 5.89. The number of aromatic nitrogens is 1. The Morgan fingerprint density at radius 3 is 2.40 bits per heavy atom. The van der Waals surface area contributed by atoms with Gasteiger partial charge in [0.2, 0.25) is 0 Å². The average molecular weight is 372 g/mol. The Labute approximate surface area is 148 Å². The summed E-state index contributed by atoms with van der Waals surface area (Å²) in [5.74, 6) is -0.596. The summed E-state index contributed by atoms with van der Waals surface area (Å²) >= 11 is 5.56. The van der Waals surface area contributed by atoms with Crippen LogP contribution in [0, 0.1) is 0 Å². The van der Waals surface area contributed by atoms with Gasteiger partial charge in [-0.1, -0.05) is 11.6 Å². The summed E-state index contributed by atoms with van der Waals surface area (Å²) in [6.45, 7) is 5.61. The van der Waals surface area contributed by atoms with Crippen LogP contribution in [0.25, 0.3) is 0 Å². The molecule has 1 amide bonds. The molecule has 2 aromatic rings. The van der Waals surface area contributed by atoms with Crippen LogP contribution in [-0.4, -0.2) is 24.0 Å². The molecule has 1 aromatic heterocycles. The van der Waals surface area contributed by atoms with Gasteiger partial charge in [0.1, 0.15) is 5.69 Å². The molecule has 0 radical (unpaired) electrons. The van der Waals surface area contributed by atoms with Crippen molar-refractivity contribution in [1.29, 1.82) is 0 Å². The highest BCUT2D eigenvalue weighted by atomic mass is 35.5. The summed E-state index contributed by atoms with van der Waals surface area (Å²) in [6, 6.07) is 6.47. The van der Waals surface area contributed by atoms with Crippen molar-refractivity contribution in [2.45, 2.75) is 20.0 Å². The van der Waals surface area contributed by atoms with Crippen LogP contribution < -0.4 is 10.2 Å². The molecule has 0 aliphatic rings. The van der Waals surface area contributed by atoms with Crippen molar-refractivity contribution in [2.75, 3.05) is 23.3 Å². The van der Waals surface area contributed by atoms with E-state index in [1.165, 1.54) is 12.1 Å². The highest BCUT2D eigenvalue weighted by molar-refractivity contribution is 6.31. The molecule has 0 atom stereocenters. The predicted octanol–water partition coefficient (Wildman–Crippen LogP) is 4.85. The van der Waals surface area contributed by atoms with E-state index < -0.39 is 22.7 Å². The number of amides is 1. The summed E-state index contributed by atoms with van der Waals surface area (Å²) in [5.41, 5.74) is -0.0278. The van der Waals surface area contributed by atoms with Crippen LogP contribution in [-0.2, 0) is 6.18 Å². The molecule has 134 valence electrons. The number of halogens is 4. The zero-order valence-corrected chi connectivity index (χ0v) is 14.4. The Bertz CT molecular complexity index is 744. The molecule has 4 nitrogen and oxygen atoms in total.